The number of nitrogens with two attached hydrogens (primary N) is 1. The molecule has 4 heterocycles. The zero-order valence-electron chi connectivity index (χ0n) is 23.5. The van der Waals surface area contributed by atoms with Crippen LogP contribution in [0.1, 0.15) is 31.7 Å². The molecule has 1 aliphatic heterocycles. The molecule has 0 spiro atoms. The van der Waals surface area contributed by atoms with Gasteiger partial charge < -0.3 is 20.5 Å². The van der Waals surface area contributed by atoms with E-state index in [-0.39, 0.29) is 16.9 Å². The number of nitrogens with one attached hydrogen (secondary N) is 1. The number of aromatic nitrogens is 5. The van der Waals surface area contributed by atoms with E-state index in [0.717, 1.165) is 61.2 Å². The molecule has 2 aromatic carbocycles. The summed E-state index contributed by atoms with van der Waals surface area (Å²) in [7, 11) is 2.20. The van der Waals surface area contributed by atoms with Crippen LogP contribution in [0.5, 0.6) is 0 Å². The molecule has 2 aliphatic rings. The van der Waals surface area contributed by atoms with Crippen LogP contribution in [0.15, 0.2) is 55.0 Å². The van der Waals surface area contributed by atoms with Crippen LogP contribution in [-0.2, 0) is 0 Å². The molecule has 0 radical (unpaired) electrons. The van der Waals surface area contributed by atoms with E-state index in [1.54, 1.807) is 0 Å². The number of rotatable bonds is 5. The van der Waals surface area contributed by atoms with E-state index in [2.05, 4.69) is 52.9 Å². The third kappa shape index (κ3) is 5.03. The van der Waals surface area contributed by atoms with Gasteiger partial charge in [-0.1, -0.05) is 12.1 Å². The maximum absolute atomic E-state index is 14.5. The van der Waals surface area contributed by atoms with Crippen molar-refractivity contribution in [2.45, 2.75) is 37.8 Å². The molecule has 1 saturated heterocycles. The second kappa shape index (κ2) is 10.9. The number of fused-ring (bicyclic) bond motifs is 2. The molecule has 216 valence electrons. The van der Waals surface area contributed by atoms with Gasteiger partial charge in [0.25, 0.3) is 0 Å². The maximum Gasteiger partial charge on any atom is 0.230 e. The average Bonchev–Trinajstić information content (AvgIpc) is 3.39. The van der Waals surface area contributed by atoms with E-state index >= 15 is 0 Å². The fraction of sp³-hybridized carbons (Fsp3) is 0.355. The minimum Gasteiger partial charge on any atom is -0.383 e. The van der Waals surface area contributed by atoms with Gasteiger partial charge in [0.15, 0.2) is 0 Å². The fourth-order valence-corrected chi connectivity index (χ4v) is 6.48. The molecule has 42 heavy (non-hydrogen) atoms. The first-order chi connectivity index (χ1) is 20.4. The first-order valence-electron chi connectivity index (χ1n) is 14.5. The van der Waals surface area contributed by atoms with Crippen LogP contribution in [0.25, 0.3) is 33.1 Å². The SMILES string of the molecule is CN1CCN([C@H]2CC[C@@H](n3cc(-c4ccc(Nc5nc(F)c6ccc(F)cc6n5)cc4)c4c(N)ncnc43)CC2)CC1. The van der Waals surface area contributed by atoms with Crippen LogP contribution >= 0.6 is 0 Å². The van der Waals surface area contributed by atoms with Gasteiger partial charge in [-0.2, -0.15) is 9.37 Å². The molecule has 9 nitrogen and oxygen atoms in total. The summed E-state index contributed by atoms with van der Waals surface area (Å²) < 4.78 is 30.5. The lowest BCUT2D eigenvalue weighted by Gasteiger charge is -2.41. The minimum absolute atomic E-state index is 0.0553. The van der Waals surface area contributed by atoms with E-state index in [1.165, 1.54) is 37.4 Å². The number of likely N-dealkylation sites (N-methyl/N-ethyl adjacent to an activating group) is 1. The Morgan fingerprint density at radius 2 is 1.62 bits per heavy atom. The smallest absolute Gasteiger partial charge is 0.230 e. The Kier molecular flexibility index (Phi) is 6.91. The van der Waals surface area contributed by atoms with E-state index in [4.69, 9.17) is 5.73 Å². The molecule has 3 aromatic heterocycles. The van der Waals surface area contributed by atoms with Crippen molar-refractivity contribution in [2.24, 2.45) is 0 Å². The highest BCUT2D eigenvalue weighted by Crippen LogP contribution is 2.39. The van der Waals surface area contributed by atoms with Gasteiger partial charge in [-0.25, -0.2) is 19.3 Å². The number of anilines is 3. The van der Waals surface area contributed by atoms with Crippen molar-refractivity contribution in [1.29, 1.82) is 0 Å². The molecule has 7 rings (SSSR count). The Bertz CT molecular complexity index is 1740. The zero-order valence-corrected chi connectivity index (χ0v) is 23.5. The summed E-state index contributed by atoms with van der Waals surface area (Å²) in [5.74, 6) is -0.685. The molecule has 1 saturated carbocycles. The molecule has 2 fully saturated rings. The molecule has 1 aliphatic carbocycles. The van der Waals surface area contributed by atoms with Crippen molar-refractivity contribution in [2.75, 3.05) is 44.3 Å². The normalized spacial score (nSPS) is 20.4. The second-order valence-electron chi connectivity index (χ2n) is 11.4. The van der Waals surface area contributed by atoms with Crippen LogP contribution in [0.2, 0.25) is 0 Å². The highest BCUT2D eigenvalue weighted by Gasteiger charge is 2.30. The fourth-order valence-electron chi connectivity index (χ4n) is 6.48. The summed E-state index contributed by atoms with van der Waals surface area (Å²) in [6, 6.07) is 12.4. The Morgan fingerprint density at radius 1 is 0.881 bits per heavy atom. The van der Waals surface area contributed by atoms with Gasteiger partial charge >= 0.3 is 0 Å². The van der Waals surface area contributed by atoms with Crippen LogP contribution in [0.4, 0.5) is 26.2 Å². The highest BCUT2D eigenvalue weighted by molar-refractivity contribution is 6.00. The van der Waals surface area contributed by atoms with Crippen LogP contribution in [0.3, 0.4) is 0 Å². The number of piperazine rings is 1. The van der Waals surface area contributed by atoms with Gasteiger partial charge in [-0.15, -0.1) is 0 Å². The van der Waals surface area contributed by atoms with E-state index in [9.17, 15) is 8.78 Å². The topological polar surface area (TPSA) is 101 Å². The molecule has 0 atom stereocenters. The standard InChI is InChI=1S/C31H33F2N9/c1-40-12-14-41(15-13-40)22-7-9-23(10-8-22)42-17-25(27-29(34)35-18-36-30(27)42)19-2-5-21(6-3-19)37-31-38-26-16-20(32)4-11-24(26)28(33)39-31/h2-6,11,16-18,22-23H,7-10,12-15H2,1H3,(H2,34,35,36)(H,37,38,39)/t22-,23+. The molecule has 0 unspecified atom stereocenters. The van der Waals surface area contributed by atoms with E-state index < -0.39 is 11.8 Å². The van der Waals surface area contributed by atoms with Crippen LogP contribution in [0, 0.1) is 11.8 Å². The van der Waals surface area contributed by atoms with Crippen molar-refractivity contribution in [3.05, 3.63) is 66.8 Å². The third-order valence-electron chi connectivity index (χ3n) is 8.82. The number of nitrogen functional groups attached to an aromatic ring is 1. The predicted molar refractivity (Wildman–Crippen MR) is 160 cm³/mol. The quantitative estimate of drug-likeness (QED) is 0.272. The highest BCUT2D eigenvalue weighted by atomic mass is 19.1. The molecule has 3 N–H and O–H groups in total. The average molecular weight is 570 g/mol. The van der Waals surface area contributed by atoms with Crippen molar-refractivity contribution in [1.82, 2.24) is 34.3 Å². The summed E-state index contributed by atoms with van der Waals surface area (Å²) in [6.45, 7) is 4.58. The Labute approximate surface area is 242 Å². The van der Waals surface area contributed by atoms with Crippen LogP contribution < -0.4 is 11.1 Å². The van der Waals surface area contributed by atoms with E-state index in [1.807, 2.05) is 24.3 Å². The predicted octanol–water partition coefficient (Wildman–Crippen LogP) is 5.38. The summed E-state index contributed by atoms with van der Waals surface area (Å²) >= 11 is 0. The first-order valence-corrected chi connectivity index (χ1v) is 14.5. The van der Waals surface area contributed by atoms with Gasteiger partial charge in [-0.05, 0) is 62.6 Å². The van der Waals surface area contributed by atoms with Gasteiger partial charge in [0, 0.05) is 61.8 Å². The zero-order chi connectivity index (χ0) is 28.8. The molecular weight excluding hydrogens is 536 g/mol. The van der Waals surface area contributed by atoms with Crippen molar-refractivity contribution >= 4 is 39.4 Å². The van der Waals surface area contributed by atoms with Crippen molar-refractivity contribution < 1.29 is 8.78 Å². The number of hydrogen-bond donors (Lipinski definition) is 2. The summed E-state index contributed by atoms with van der Waals surface area (Å²) in [5.41, 5.74) is 10.1. The Morgan fingerprint density at radius 3 is 2.38 bits per heavy atom. The Hall–Kier alpha value is -4.22. The number of hydrogen-bond acceptors (Lipinski definition) is 8. The number of benzene rings is 2. The summed E-state index contributed by atoms with van der Waals surface area (Å²) in [6.07, 6.45) is 8.24. The summed E-state index contributed by atoms with van der Waals surface area (Å²) in [4.78, 5) is 22.2. The second-order valence-corrected chi connectivity index (χ2v) is 11.4. The minimum atomic E-state index is -0.708. The number of nitrogens with zero attached hydrogens (tertiary/aromatic N) is 7. The van der Waals surface area contributed by atoms with Crippen LogP contribution in [-0.4, -0.2) is 73.6 Å². The molecule has 11 heteroatoms. The number of halogens is 2. The largest absolute Gasteiger partial charge is 0.383 e. The van der Waals surface area contributed by atoms with Gasteiger partial charge in [0.2, 0.25) is 11.9 Å². The molecule has 0 bridgehead atoms. The first kappa shape index (κ1) is 26.7. The molecule has 5 aromatic rings. The lowest BCUT2D eigenvalue weighted by molar-refractivity contribution is 0.0828. The van der Waals surface area contributed by atoms with Gasteiger partial charge in [0.1, 0.15) is 23.6 Å². The molecular formula is C31H33F2N9. The monoisotopic (exact) mass is 569 g/mol. The lowest BCUT2D eigenvalue weighted by atomic mass is 9.89. The lowest BCUT2D eigenvalue weighted by Crippen LogP contribution is -2.49. The van der Waals surface area contributed by atoms with Gasteiger partial charge in [-0.3, -0.25) is 4.90 Å². The molecule has 0 amide bonds. The summed E-state index contributed by atoms with van der Waals surface area (Å²) in [5, 5.41) is 4.04. The Balaban J connectivity index is 1.13. The van der Waals surface area contributed by atoms with Crippen molar-refractivity contribution in [3.8, 4) is 11.1 Å². The third-order valence-corrected chi connectivity index (χ3v) is 8.82. The maximum atomic E-state index is 14.5. The van der Waals surface area contributed by atoms with E-state index in [0.29, 0.717) is 23.6 Å². The van der Waals surface area contributed by atoms with Crippen molar-refractivity contribution in [3.63, 3.8) is 0 Å². The van der Waals surface area contributed by atoms with Gasteiger partial charge in [0.05, 0.1) is 16.3 Å².